The van der Waals surface area contributed by atoms with E-state index in [1.165, 1.54) is 16.7 Å². The molecule has 0 N–H and O–H groups in total. The van der Waals surface area contributed by atoms with Crippen molar-refractivity contribution in [2.24, 2.45) is 5.92 Å². The molecule has 0 fully saturated rings. The second-order valence-electron chi connectivity index (χ2n) is 5.18. The molecule has 0 atom stereocenters. The van der Waals surface area contributed by atoms with Crippen molar-refractivity contribution in [1.29, 1.82) is 0 Å². The Balaban J connectivity index is 0.000000217. The predicted octanol–water partition coefficient (Wildman–Crippen LogP) is 6.08. The van der Waals surface area contributed by atoms with Gasteiger partial charge in [0, 0.05) is 0 Å². The highest BCUT2D eigenvalue weighted by Crippen LogP contribution is 2.19. The van der Waals surface area contributed by atoms with Crippen LogP contribution in [0.4, 0.5) is 0 Å². The largest absolute Gasteiger partial charge is 0.0985 e. The zero-order valence-corrected chi connectivity index (χ0v) is 12.5. The highest BCUT2D eigenvalue weighted by atomic mass is 14.0. The molecule has 2 aromatic carbocycles. The third-order valence-electron chi connectivity index (χ3n) is 2.87. The molecule has 0 saturated carbocycles. The van der Waals surface area contributed by atoms with Crippen molar-refractivity contribution in [2.45, 2.75) is 20.3 Å². The predicted molar refractivity (Wildman–Crippen MR) is 91.5 cm³/mol. The molecule has 0 nitrogen and oxygen atoms in total. The molecule has 0 aliphatic heterocycles. The molecular weight excluding hydrogens is 240 g/mol. The van der Waals surface area contributed by atoms with E-state index < -0.39 is 0 Å². The lowest BCUT2D eigenvalue weighted by Gasteiger charge is -2.07. The number of hydrogen-bond donors (Lipinski definition) is 0. The third kappa shape index (κ3) is 6.19. The van der Waals surface area contributed by atoms with Gasteiger partial charge in [0.1, 0.15) is 0 Å². The smallest absolute Gasteiger partial charge is 0.0230 e. The first-order valence-electron chi connectivity index (χ1n) is 7.04. The van der Waals surface area contributed by atoms with Crippen molar-refractivity contribution in [3.05, 3.63) is 84.9 Å². The molecule has 0 aliphatic rings. The van der Waals surface area contributed by atoms with E-state index in [1.54, 1.807) is 0 Å². The average molecular weight is 264 g/mol. The number of allylic oxidation sites excluding steroid dienone is 1. The van der Waals surface area contributed by atoms with Gasteiger partial charge in [-0.1, -0.05) is 93.7 Å². The summed E-state index contributed by atoms with van der Waals surface area (Å²) < 4.78 is 0. The Bertz CT molecular complexity index is 506. The summed E-state index contributed by atoms with van der Waals surface area (Å²) in [6.07, 6.45) is 2.92. The Morgan fingerprint density at radius 1 is 0.950 bits per heavy atom. The lowest BCUT2D eigenvalue weighted by Crippen LogP contribution is -1.89. The van der Waals surface area contributed by atoms with Crippen LogP contribution in [0.5, 0.6) is 0 Å². The zero-order chi connectivity index (χ0) is 14.8. The van der Waals surface area contributed by atoms with Crippen LogP contribution in [0.25, 0.3) is 11.6 Å². The number of benzene rings is 2. The SMILES string of the molecule is C=C(CC(C)C)c1ccccc1.C=Cc1ccccc1. The minimum absolute atomic E-state index is 0.692. The molecule has 0 heterocycles. The molecule has 0 bridgehead atoms. The molecule has 0 heteroatoms. The van der Waals surface area contributed by atoms with Crippen LogP contribution in [0.15, 0.2) is 73.8 Å². The first-order chi connectivity index (χ1) is 9.63. The molecular formula is C20H24. The van der Waals surface area contributed by atoms with Crippen molar-refractivity contribution >= 4 is 11.6 Å². The van der Waals surface area contributed by atoms with Gasteiger partial charge in [-0.25, -0.2) is 0 Å². The molecule has 104 valence electrons. The molecule has 2 aromatic rings. The summed E-state index contributed by atoms with van der Waals surface area (Å²) in [5.41, 5.74) is 3.68. The minimum atomic E-state index is 0.692. The maximum Gasteiger partial charge on any atom is -0.0230 e. The maximum atomic E-state index is 4.07. The summed E-state index contributed by atoms with van der Waals surface area (Å²) in [5.74, 6) is 0.692. The highest BCUT2D eigenvalue weighted by molar-refractivity contribution is 5.63. The summed E-state index contributed by atoms with van der Waals surface area (Å²) >= 11 is 0. The molecule has 0 aromatic heterocycles. The second-order valence-corrected chi connectivity index (χ2v) is 5.18. The van der Waals surface area contributed by atoms with Gasteiger partial charge in [-0.2, -0.15) is 0 Å². The molecule has 0 unspecified atom stereocenters. The maximum absolute atomic E-state index is 4.07. The summed E-state index contributed by atoms with van der Waals surface area (Å²) in [4.78, 5) is 0. The lowest BCUT2D eigenvalue weighted by molar-refractivity contribution is 0.674. The van der Waals surface area contributed by atoms with Gasteiger partial charge in [0.15, 0.2) is 0 Å². The van der Waals surface area contributed by atoms with Gasteiger partial charge in [0.2, 0.25) is 0 Å². The van der Waals surface area contributed by atoms with Gasteiger partial charge in [-0.05, 0) is 29.0 Å². The Morgan fingerprint density at radius 3 is 1.85 bits per heavy atom. The van der Waals surface area contributed by atoms with E-state index in [2.05, 4.69) is 51.3 Å². The Kier molecular flexibility index (Phi) is 7.13. The molecule has 0 spiro atoms. The van der Waals surface area contributed by atoms with Gasteiger partial charge >= 0.3 is 0 Å². The van der Waals surface area contributed by atoms with Crippen LogP contribution >= 0.6 is 0 Å². The fourth-order valence-corrected chi connectivity index (χ4v) is 1.87. The van der Waals surface area contributed by atoms with Crippen LogP contribution in [-0.4, -0.2) is 0 Å². The van der Waals surface area contributed by atoms with Gasteiger partial charge in [0.05, 0.1) is 0 Å². The van der Waals surface area contributed by atoms with E-state index in [9.17, 15) is 0 Å². The second kappa shape index (κ2) is 8.92. The third-order valence-corrected chi connectivity index (χ3v) is 2.87. The molecule has 0 radical (unpaired) electrons. The van der Waals surface area contributed by atoms with E-state index in [1.807, 2.05) is 42.5 Å². The van der Waals surface area contributed by atoms with Gasteiger partial charge in [-0.15, -0.1) is 0 Å². The van der Waals surface area contributed by atoms with E-state index >= 15 is 0 Å². The van der Waals surface area contributed by atoms with Crippen molar-refractivity contribution < 1.29 is 0 Å². The van der Waals surface area contributed by atoms with Crippen LogP contribution in [0.2, 0.25) is 0 Å². The topological polar surface area (TPSA) is 0 Å². The Hall–Kier alpha value is -2.08. The first-order valence-corrected chi connectivity index (χ1v) is 7.04. The molecule has 0 saturated heterocycles. The molecule has 0 aliphatic carbocycles. The van der Waals surface area contributed by atoms with Gasteiger partial charge < -0.3 is 0 Å². The normalized spacial score (nSPS) is 9.55. The van der Waals surface area contributed by atoms with E-state index in [4.69, 9.17) is 0 Å². The van der Waals surface area contributed by atoms with Crippen LogP contribution in [0.1, 0.15) is 31.4 Å². The van der Waals surface area contributed by atoms with Crippen LogP contribution < -0.4 is 0 Å². The average Bonchev–Trinajstić information content (AvgIpc) is 2.49. The first kappa shape index (κ1) is 16.0. The van der Waals surface area contributed by atoms with E-state index in [0.29, 0.717) is 5.92 Å². The lowest BCUT2D eigenvalue weighted by atomic mass is 9.98. The van der Waals surface area contributed by atoms with Gasteiger partial charge in [0.25, 0.3) is 0 Å². The van der Waals surface area contributed by atoms with Crippen LogP contribution in [-0.2, 0) is 0 Å². The monoisotopic (exact) mass is 264 g/mol. The van der Waals surface area contributed by atoms with Crippen LogP contribution in [0.3, 0.4) is 0 Å². The Morgan fingerprint density at radius 2 is 1.45 bits per heavy atom. The van der Waals surface area contributed by atoms with Gasteiger partial charge in [-0.3, -0.25) is 0 Å². The fraction of sp³-hybridized carbons (Fsp3) is 0.200. The summed E-state index contributed by atoms with van der Waals surface area (Å²) in [6, 6.07) is 20.4. The van der Waals surface area contributed by atoms with Crippen molar-refractivity contribution in [3.8, 4) is 0 Å². The number of hydrogen-bond acceptors (Lipinski definition) is 0. The van der Waals surface area contributed by atoms with Crippen LogP contribution in [0, 0.1) is 5.92 Å². The van der Waals surface area contributed by atoms with Crippen molar-refractivity contribution in [3.63, 3.8) is 0 Å². The summed E-state index contributed by atoms with van der Waals surface area (Å²) in [6.45, 7) is 12.1. The Labute approximate surface area is 123 Å². The summed E-state index contributed by atoms with van der Waals surface area (Å²) in [5, 5.41) is 0. The van der Waals surface area contributed by atoms with E-state index in [-0.39, 0.29) is 0 Å². The van der Waals surface area contributed by atoms with Crippen molar-refractivity contribution in [1.82, 2.24) is 0 Å². The molecule has 2 rings (SSSR count). The highest BCUT2D eigenvalue weighted by Gasteiger charge is 2.00. The fourth-order valence-electron chi connectivity index (χ4n) is 1.87. The van der Waals surface area contributed by atoms with E-state index in [0.717, 1.165) is 6.42 Å². The van der Waals surface area contributed by atoms with Crippen molar-refractivity contribution in [2.75, 3.05) is 0 Å². The minimum Gasteiger partial charge on any atom is -0.0985 e. The summed E-state index contributed by atoms with van der Waals surface area (Å²) in [7, 11) is 0. The zero-order valence-electron chi connectivity index (χ0n) is 12.5. The standard InChI is InChI=1S/C12H16.C8H8/c1-10(2)9-11(3)12-7-5-4-6-8-12;1-2-8-6-4-3-5-7-8/h4-8,10H,3,9H2,1-2H3;2-7H,1H2. The quantitative estimate of drug-likeness (QED) is 0.628. The molecule has 0 amide bonds. The number of rotatable bonds is 4. The molecule has 20 heavy (non-hydrogen) atoms.